The van der Waals surface area contributed by atoms with Gasteiger partial charge in [0.05, 0.1) is 24.6 Å². The number of phenols is 1. The minimum absolute atomic E-state index is 0.0541. The second-order valence-electron chi connectivity index (χ2n) is 12.4. The highest BCUT2D eigenvalue weighted by Gasteiger charge is 2.77. The van der Waals surface area contributed by atoms with E-state index in [0.717, 1.165) is 11.0 Å². The number of carbonyl (C=O) groups is 4. The van der Waals surface area contributed by atoms with E-state index < -0.39 is 104 Å². The molecule has 1 saturated carbocycles. The van der Waals surface area contributed by atoms with Crippen molar-refractivity contribution in [3.05, 3.63) is 101 Å². The molecular weight excluding hydrogens is 710 g/mol. The number of aromatic hydroxyl groups is 1. The monoisotopic (exact) mass is 732 g/mol. The fourth-order valence-corrected chi connectivity index (χ4v) is 8.75. The Morgan fingerprint density at radius 2 is 1.48 bits per heavy atom. The number of halogens is 7. The van der Waals surface area contributed by atoms with Crippen LogP contribution >= 0.6 is 23.2 Å². The summed E-state index contributed by atoms with van der Waals surface area (Å²) >= 11 is 14.2. The highest BCUT2D eigenvalue weighted by Crippen LogP contribution is 2.67. The van der Waals surface area contributed by atoms with Crippen LogP contribution in [-0.2, 0) is 19.2 Å². The van der Waals surface area contributed by atoms with Crippen molar-refractivity contribution < 1.29 is 51.0 Å². The fraction of sp³-hybridized carbons (Fsp3) is 0.257. The van der Waals surface area contributed by atoms with Gasteiger partial charge in [0.15, 0.2) is 33.0 Å². The van der Waals surface area contributed by atoms with Crippen LogP contribution < -0.4 is 14.5 Å². The maximum Gasteiger partial charge on any atom is 0.258 e. The standard InChI is InChI=1S/C35H23Cl2F5N2O6/c1-3-14-4-6-15(7-5-14)43-30(46)19-11-10-17-20(22(19)31(43)47)13-34(36)32(48)44(29-27(41)25(39)24(38)26(40)28(29)42)33(49)35(34,37)23(17)18-9-8-16(50-2)12-21(18)45/h3-10,12,19-20,22-23,45H,1,11,13H2,2H3/t19-,20+,22-,23+,34+,35-/m0/s1. The number of alkyl halides is 2. The van der Waals surface area contributed by atoms with E-state index in [1.807, 2.05) is 0 Å². The Kier molecular flexibility index (Phi) is 7.68. The first-order valence-electron chi connectivity index (χ1n) is 15.1. The molecule has 2 heterocycles. The molecule has 0 unspecified atom stereocenters. The molecule has 2 aliphatic carbocycles. The lowest BCUT2D eigenvalue weighted by Crippen LogP contribution is -2.60. The largest absolute Gasteiger partial charge is 0.508 e. The lowest BCUT2D eigenvalue weighted by molar-refractivity contribution is -0.125. The van der Waals surface area contributed by atoms with E-state index in [-0.39, 0.29) is 33.9 Å². The molecule has 3 fully saturated rings. The number of rotatable bonds is 5. The molecule has 7 rings (SSSR count). The summed E-state index contributed by atoms with van der Waals surface area (Å²) in [5, 5.41) is 11.2. The third-order valence-corrected chi connectivity index (χ3v) is 11.6. The Balaban J connectivity index is 1.43. The number of ether oxygens (including phenoxy) is 1. The lowest BCUT2D eigenvalue weighted by atomic mass is 9.56. The Morgan fingerprint density at radius 1 is 0.860 bits per heavy atom. The number of fused-ring (bicyclic) bond motifs is 4. The van der Waals surface area contributed by atoms with Crippen LogP contribution in [0, 0.1) is 46.8 Å². The van der Waals surface area contributed by atoms with Crippen molar-refractivity contribution in [1.29, 1.82) is 0 Å². The maximum absolute atomic E-state index is 15.2. The van der Waals surface area contributed by atoms with Gasteiger partial charge in [-0.3, -0.25) is 24.1 Å². The molecule has 0 spiro atoms. The number of carbonyl (C=O) groups excluding carboxylic acids is 4. The van der Waals surface area contributed by atoms with Crippen LogP contribution in [0.5, 0.6) is 11.5 Å². The van der Waals surface area contributed by atoms with E-state index in [1.54, 1.807) is 30.3 Å². The van der Waals surface area contributed by atoms with Gasteiger partial charge in [-0.05, 0) is 42.5 Å². The van der Waals surface area contributed by atoms with Crippen LogP contribution in [0.4, 0.5) is 33.3 Å². The van der Waals surface area contributed by atoms with Crippen LogP contribution in [0.1, 0.15) is 29.9 Å². The van der Waals surface area contributed by atoms with Crippen molar-refractivity contribution in [3.8, 4) is 11.5 Å². The number of nitrogens with zero attached hydrogens (tertiary/aromatic N) is 2. The second kappa shape index (κ2) is 11.4. The molecule has 4 amide bonds. The van der Waals surface area contributed by atoms with E-state index in [1.165, 1.54) is 25.3 Å². The molecular formula is C35H23Cl2F5N2O6. The van der Waals surface area contributed by atoms with Gasteiger partial charge in [-0.1, -0.05) is 42.5 Å². The summed E-state index contributed by atoms with van der Waals surface area (Å²) in [5.74, 6) is -22.1. The maximum atomic E-state index is 15.2. The topological polar surface area (TPSA) is 104 Å². The number of allylic oxidation sites excluding steroid dienone is 2. The highest BCUT2D eigenvalue weighted by molar-refractivity contribution is 6.58. The number of methoxy groups -OCH3 is 1. The zero-order chi connectivity index (χ0) is 36.2. The molecule has 4 aliphatic rings. The predicted molar refractivity (Wildman–Crippen MR) is 170 cm³/mol. The summed E-state index contributed by atoms with van der Waals surface area (Å²) in [7, 11) is 1.31. The number of benzene rings is 3. The first kappa shape index (κ1) is 33.7. The van der Waals surface area contributed by atoms with E-state index >= 15 is 8.78 Å². The minimum Gasteiger partial charge on any atom is -0.508 e. The molecule has 2 saturated heterocycles. The second-order valence-corrected chi connectivity index (χ2v) is 13.7. The molecule has 8 nitrogen and oxygen atoms in total. The van der Waals surface area contributed by atoms with Gasteiger partial charge >= 0.3 is 0 Å². The van der Waals surface area contributed by atoms with Crippen LogP contribution in [0.2, 0.25) is 0 Å². The van der Waals surface area contributed by atoms with Gasteiger partial charge in [0.2, 0.25) is 17.6 Å². The van der Waals surface area contributed by atoms with Gasteiger partial charge < -0.3 is 9.84 Å². The molecule has 2 aliphatic heterocycles. The molecule has 0 aromatic heterocycles. The Bertz CT molecular complexity index is 2080. The number of hydrogen-bond acceptors (Lipinski definition) is 6. The smallest absolute Gasteiger partial charge is 0.258 e. The average molecular weight is 733 g/mol. The van der Waals surface area contributed by atoms with Crippen molar-refractivity contribution in [2.24, 2.45) is 17.8 Å². The van der Waals surface area contributed by atoms with Gasteiger partial charge in [-0.2, -0.15) is 0 Å². The normalized spacial score (nSPS) is 28.8. The van der Waals surface area contributed by atoms with Crippen molar-refractivity contribution in [1.82, 2.24) is 0 Å². The van der Waals surface area contributed by atoms with Gasteiger partial charge in [0.25, 0.3) is 11.8 Å². The Morgan fingerprint density at radius 3 is 2.06 bits per heavy atom. The molecule has 0 bridgehead atoms. The van der Waals surface area contributed by atoms with Gasteiger partial charge in [-0.15, -0.1) is 23.2 Å². The third-order valence-electron chi connectivity index (χ3n) is 10.2. The van der Waals surface area contributed by atoms with Crippen molar-refractivity contribution >= 4 is 64.3 Å². The van der Waals surface area contributed by atoms with E-state index in [2.05, 4.69) is 6.58 Å². The number of anilines is 2. The molecule has 3 aromatic rings. The first-order chi connectivity index (χ1) is 23.6. The number of amides is 4. The SMILES string of the molecule is C=Cc1ccc(N2C(=O)[C@H]3[C@H](CC=C4[C@H]3C[C@@]3(Cl)C(=O)N(c5c(F)c(F)c(F)c(F)c5F)C(=O)[C@@]3(Cl)[C@H]4c3ccc(OC)cc3O)C2=O)cc1. The van der Waals surface area contributed by atoms with Crippen LogP contribution in [0.3, 0.4) is 0 Å². The third kappa shape index (κ3) is 4.22. The summed E-state index contributed by atoms with van der Waals surface area (Å²) in [6.45, 7) is 3.68. The zero-order valence-electron chi connectivity index (χ0n) is 25.7. The van der Waals surface area contributed by atoms with Crippen molar-refractivity contribution in [3.63, 3.8) is 0 Å². The number of imide groups is 2. The molecule has 3 aromatic carbocycles. The molecule has 6 atom stereocenters. The Hall–Kier alpha value is -4.75. The summed E-state index contributed by atoms with van der Waals surface area (Å²) in [6.07, 6.45) is 2.38. The quantitative estimate of drug-likeness (QED) is 0.0802. The predicted octanol–water partition coefficient (Wildman–Crippen LogP) is 6.51. The van der Waals surface area contributed by atoms with Crippen LogP contribution in [-0.4, -0.2) is 45.6 Å². The zero-order valence-corrected chi connectivity index (χ0v) is 27.2. The summed E-state index contributed by atoms with van der Waals surface area (Å²) in [6, 6.07) is 10.2. The number of phenolic OH excluding ortho intramolecular Hbond substituents is 1. The van der Waals surface area contributed by atoms with Gasteiger partial charge in [-0.25, -0.2) is 26.9 Å². The molecule has 258 valence electrons. The average Bonchev–Trinajstić information content (AvgIpc) is 3.44. The highest BCUT2D eigenvalue weighted by atomic mass is 35.5. The summed E-state index contributed by atoms with van der Waals surface area (Å²) in [5.41, 5.74) is -0.857. The van der Waals surface area contributed by atoms with Crippen molar-refractivity contribution in [2.45, 2.75) is 28.5 Å². The molecule has 0 radical (unpaired) electrons. The fourth-order valence-electron chi connectivity index (χ4n) is 7.82. The molecule has 50 heavy (non-hydrogen) atoms. The van der Waals surface area contributed by atoms with E-state index in [9.17, 15) is 37.5 Å². The van der Waals surface area contributed by atoms with Crippen molar-refractivity contribution in [2.75, 3.05) is 16.9 Å². The van der Waals surface area contributed by atoms with Gasteiger partial charge in [0.1, 0.15) is 17.2 Å². The molecule has 1 N–H and O–H groups in total. The van der Waals surface area contributed by atoms with Crippen LogP contribution in [0.15, 0.2) is 60.7 Å². The minimum atomic E-state index is -2.76. The van der Waals surface area contributed by atoms with Crippen LogP contribution in [0.25, 0.3) is 6.08 Å². The van der Waals surface area contributed by atoms with Gasteiger partial charge in [0, 0.05) is 17.5 Å². The number of hydrogen-bond donors (Lipinski definition) is 1. The first-order valence-corrected chi connectivity index (χ1v) is 15.8. The summed E-state index contributed by atoms with van der Waals surface area (Å²) < 4.78 is 78.4. The summed E-state index contributed by atoms with van der Waals surface area (Å²) in [4.78, 5) is 51.8. The van der Waals surface area contributed by atoms with E-state index in [4.69, 9.17) is 27.9 Å². The lowest BCUT2D eigenvalue weighted by Gasteiger charge is -2.50. The molecule has 15 heteroatoms. The Labute approximate surface area is 290 Å². The van der Waals surface area contributed by atoms with E-state index in [0.29, 0.717) is 5.56 Å².